The summed E-state index contributed by atoms with van der Waals surface area (Å²) >= 11 is 1.50. The number of carbonyl (C=O) groups is 1. The molecule has 1 nitrogen and oxygen atoms in total. The van der Waals surface area contributed by atoms with Gasteiger partial charge in [0.15, 0.2) is 0 Å². The fourth-order valence-corrected chi connectivity index (χ4v) is 3.22. The molecule has 1 aromatic heterocycles. The normalized spacial score (nSPS) is 11.4. The lowest BCUT2D eigenvalue weighted by atomic mass is 9.97. The predicted molar refractivity (Wildman–Crippen MR) is 94.1 cm³/mol. The molecule has 0 fully saturated rings. The SMILES string of the molecule is Cc1ccsc1C(=O)/C(=C/c1ccccc1)c1ccccc1. The number of hydrogen-bond acceptors (Lipinski definition) is 2. The van der Waals surface area contributed by atoms with Crippen LogP contribution in [0.2, 0.25) is 0 Å². The Morgan fingerprint density at radius 3 is 2.14 bits per heavy atom. The minimum atomic E-state index is 0.0857. The molecule has 108 valence electrons. The van der Waals surface area contributed by atoms with Crippen LogP contribution in [-0.4, -0.2) is 5.78 Å². The monoisotopic (exact) mass is 304 g/mol. The maximum atomic E-state index is 13.0. The van der Waals surface area contributed by atoms with Gasteiger partial charge in [0.1, 0.15) is 0 Å². The van der Waals surface area contributed by atoms with E-state index in [0.29, 0.717) is 0 Å². The Labute approximate surface area is 134 Å². The summed E-state index contributed by atoms with van der Waals surface area (Å²) in [5.74, 6) is 0.0857. The van der Waals surface area contributed by atoms with E-state index in [1.165, 1.54) is 11.3 Å². The minimum Gasteiger partial charge on any atom is -0.288 e. The average Bonchev–Trinajstić information content (AvgIpc) is 3.00. The molecule has 0 bridgehead atoms. The Morgan fingerprint density at radius 2 is 1.55 bits per heavy atom. The minimum absolute atomic E-state index is 0.0857. The number of thiophene rings is 1. The van der Waals surface area contributed by atoms with Gasteiger partial charge in [-0.3, -0.25) is 4.79 Å². The van der Waals surface area contributed by atoms with Crippen LogP contribution in [0.3, 0.4) is 0 Å². The molecular weight excluding hydrogens is 288 g/mol. The number of Topliss-reactive ketones (excluding diaryl/α,β-unsaturated/α-hetero) is 1. The van der Waals surface area contributed by atoms with Crippen LogP contribution in [0.15, 0.2) is 72.1 Å². The van der Waals surface area contributed by atoms with Crippen molar-refractivity contribution in [1.29, 1.82) is 0 Å². The second-order valence-corrected chi connectivity index (χ2v) is 6.01. The average molecular weight is 304 g/mol. The van der Waals surface area contributed by atoms with Crippen LogP contribution in [0.5, 0.6) is 0 Å². The molecule has 0 atom stereocenters. The van der Waals surface area contributed by atoms with Crippen molar-refractivity contribution in [3.63, 3.8) is 0 Å². The van der Waals surface area contributed by atoms with Gasteiger partial charge in [0.25, 0.3) is 0 Å². The van der Waals surface area contributed by atoms with E-state index in [-0.39, 0.29) is 5.78 Å². The smallest absolute Gasteiger partial charge is 0.203 e. The van der Waals surface area contributed by atoms with E-state index in [4.69, 9.17) is 0 Å². The van der Waals surface area contributed by atoms with Gasteiger partial charge in [0, 0.05) is 5.57 Å². The van der Waals surface area contributed by atoms with Gasteiger partial charge < -0.3 is 0 Å². The van der Waals surface area contributed by atoms with E-state index < -0.39 is 0 Å². The molecule has 0 unspecified atom stereocenters. The molecule has 0 aliphatic carbocycles. The Balaban J connectivity index is 2.10. The molecule has 3 aromatic rings. The first-order chi connectivity index (χ1) is 10.8. The molecule has 0 spiro atoms. The molecule has 1 heterocycles. The zero-order chi connectivity index (χ0) is 15.4. The molecule has 2 heteroatoms. The molecule has 0 radical (unpaired) electrons. The number of allylic oxidation sites excluding steroid dienone is 1. The summed E-state index contributed by atoms with van der Waals surface area (Å²) in [4.78, 5) is 13.8. The van der Waals surface area contributed by atoms with Crippen molar-refractivity contribution in [3.05, 3.63) is 93.7 Å². The molecule has 0 aliphatic heterocycles. The van der Waals surface area contributed by atoms with Gasteiger partial charge in [-0.1, -0.05) is 60.7 Å². The molecule has 22 heavy (non-hydrogen) atoms. The lowest BCUT2D eigenvalue weighted by Crippen LogP contribution is -2.02. The van der Waals surface area contributed by atoms with Crippen molar-refractivity contribution in [2.24, 2.45) is 0 Å². The standard InChI is InChI=1S/C20H16OS/c1-15-12-13-22-20(15)19(21)18(17-10-6-3-7-11-17)14-16-8-4-2-5-9-16/h2-14H,1H3/b18-14+. The summed E-state index contributed by atoms with van der Waals surface area (Å²) in [6.07, 6.45) is 1.97. The summed E-state index contributed by atoms with van der Waals surface area (Å²) in [6, 6.07) is 21.8. The number of hydrogen-bond donors (Lipinski definition) is 0. The van der Waals surface area contributed by atoms with E-state index in [9.17, 15) is 4.79 Å². The third-order valence-electron chi connectivity index (χ3n) is 3.51. The molecular formula is C20H16OS. The molecule has 0 saturated heterocycles. The van der Waals surface area contributed by atoms with Crippen molar-refractivity contribution >= 4 is 28.8 Å². The van der Waals surface area contributed by atoms with Gasteiger partial charge >= 0.3 is 0 Å². The van der Waals surface area contributed by atoms with E-state index in [0.717, 1.165) is 27.1 Å². The van der Waals surface area contributed by atoms with Gasteiger partial charge in [-0.25, -0.2) is 0 Å². The fraction of sp³-hybridized carbons (Fsp3) is 0.0500. The van der Waals surface area contributed by atoms with Crippen molar-refractivity contribution in [2.45, 2.75) is 6.92 Å². The number of rotatable bonds is 4. The van der Waals surface area contributed by atoms with Crippen molar-refractivity contribution in [3.8, 4) is 0 Å². The largest absolute Gasteiger partial charge is 0.288 e. The molecule has 0 N–H and O–H groups in total. The van der Waals surface area contributed by atoms with Gasteiger partial charge in [-0.2, -0.15) is 0 Å². The number of carbonyl (C=O) groups excluding carboxylic acids is 1. The summed E-state index contributed by atoms with van der Waals surface area (Å²) < 4.78 is 0. The molecule has 3 rings (SSSR count). The number of ketones is 1. The van der Waals surface area contributed by atoms with Gasteiger partial charge in [0.05, 0.1) is 4.88 Å². The van der Waals surface area contributed by atoms with Crippen LogP contribution in [0.4, 0.5) is 0 Å². The van der Waals surface area contributed by atoms with Crippen LogP contribution in [-0.2, 0) is 0 Å². The van der Waals surface area contributed by atoms with Crippen LogP contribution < -0.4 is 0 Å². The highest BCUT2D eigenvalue weighted by molar-refractivity contribution is 7.12. The van der Waals surface area contributed by atoms with Crippen molar-refractivity contribution in [1.82, 2.24) is 0 Å². The van der Waals surface area contributed by atoms with E-state index in [1.54, 1.807) is 0 Å². The van der Waals surface area contributed by atoms with Crippen LogP contribution in [0.25, 0.3) is 11.6 Å². The van der Waals surface area contributed by atoms with Gasteiger partial charge in [-0.15, -0.1) is 11.3 Å². The first-order valence-corrected chi connectivity index (χ1v) is 8.04. The van der Waals surface area contributed by atoms with Gasteiger partial charge in [0.2, 0.25) is 5.78 Å². The zero-order valence-corrected chi connectivity index (χ0v) is 13.1. The lowest BCUT2D eigenvalue weighted by molar-refractivity contribution is 0.106. The second-order valence-electron chi connectivity index (χ2n) is 5.10. The number of aryl methyl sites for hydroxylation is 1. The highest BCUT2D eigenvalue weighted by atomic mass is 32.1. The third-order valence-corrected chi connectivity index (χ3v) is 4.52. The van der Waals surface area contributed by atoms with Crippen LogP contribution in [0.1, 0.15) is 26.4 Å². The first-order valence-electron chi connectivity index (χ1n) is 7.16. The van der Waals surface area contributed by atoms with Gasteiger partial charge in [-0.05, 0) is 41.1 Å². The van der Waals surface area contributed by atoms with E-state index in [2.05, 4.69) is 0 Å². The zero-order valence-electron chi connectivity index (χ0n) is 12.3. The second kappa shape index (κ2) is 6.54. The topological polar surface area (TPSA) is 17.1 Å². The number of benzene rings is 2. The maximum absolute atomic E-state index is 13.0. The first kappa shape index (κ1) is 14.5. The quantitative estimate of drug-likeness (QED) is 0.354. The highest BCUT2D eigenvalue weighted by Crippen LogP contribution is 2.27. The molecule has 2 aromatic carbocycles. The van der Waals surface area contributed by atoms with Crippen LogP contribution >= 0.6 is 11.3 Å². The highest BCUT2D eigenvalue weighted by Gasteiger charge is 2.17. The van der Waals surface area contributed by atoms with E-state index >= 15 is 0 Å². The Kier molecular flexibility index (Phi) is 4.31. The summed E-state index contributed by atoms with van der Waals surface area (Å²) in [6.45, 7) is 1.98. The molecule has 0 saturated carbocycles. The fourth-order valence-electron chi connectivity index (χ4n) is 2.34. The predicted octanol–water partition coefficient (Wildman–Crippen LogP) is 5.48. The lowest BCUT2D eigenvalue weighted by Gasteiger charge is -2.07. The Morgan fingerprint density at radius 1 is 0.909 bits per heavy atom. The summed E-state index contributed by atoms with van der Waals surface area (Å²) in [5.41, 5.74) is 3.75. The van der Waals surface area contributed by atoms with E-state index in [1.807, 2.05) is 85.1 Å². The van der Waals surface area contributed by atoms with Crippen LogP contribution in [0, 0.1) is 6.92 Å². The molecule has 0 aliphatic rings. The van der Waals surface area contributed by atoms with Crippen molar-refractivity contribution < 1.29 is 4.79 Å². The Hall–Kier alpha value is -2.45. The summed E-state index contributed by atoms with van der Waals surface area (Å²) in [7, 11) is 0. The third kappa shape index (κ3) is 3.07. The summed E-state index contributed by atoms with van der Waals surface area (Å²) in [5, 5.41) is 1.97. The molecule has 0 amide bonds. The van der Waals surface area contributed by atoms with Crippen molar-refractivity contribution in [2.75, 3.05) is 0 Å². The Bertz CT molecular complexity index is 798. The maximum Gasteiger partial charge on any atom is 0.203 e.